The molecule has 6 heteroatoms. The molecule has 0 bridgehead atoms. The second-order valence-corrected chi connectivity index (χ2v) is 6.17. The van der Waals surface area contributed by atoms with Crippen LogP contribution in [0.1, 0.15) is 0 Å². The second kappa shape index (κ2) is 8.05. The largest absolute Gasteiger partial charge is 0.440 e. The summed E-state index contributed by atoms with van der Waals surface area (Å²) in [6.45, 7) is 2.17. The van der Waals surface area contributed by atoms with Gasteiger partial charge in [0.2, 0.25) is 0 Å². The molecule has 0 unspecified atom stereocenters. The molecular formula is C21H20N2O4. The Hall–Kier alpha value is -3.12. The lowest BCUT2D eigenvalue weighted by Crippen LogP contribution is -2.43. The Kier molecular flexibility index (Phi) is 5.16. The van der Waals surface area contributed by atoms with Crippen molar-refractivity contribution in [1.29, 1.82) is 0 Å². The molecular weight excluding hydrogens is 344 g/mol. The van der Waals surface area contributed by atoms with E-state index < -0.39 is 0 Å². The van der Waals surface area contributed by atoms with E-state index >= 15 is 0 Å². The van der Waals surface area contributed by atoms with E-state index in [4.69, 9.17) is 13.9 Å². The third-order valence-corrected chi connectivity index (χ3v) is 4.37. The summed E-state index contributed by atoms with van der Waals surface area (Å²) in [5.74, 6) is 0.523. The van der Waals surface area contributed by atoms with Crippen molar-refractivity contribution in [3.05, 3.63) is 60.7 Å². The Bertz CT molecular complexity index is 830. The van der Waals surface area contributed by atoms with E-state index in [9.17, 15) is 4.79 Å². The first-order chi connectivity index (χ1) is 13.3. The molecule has 3 aromatic rings. The standard InChI is InChI=1S/C21H20N2O4/c24-18(23-11-13-25-14-12-23)15-26-21-22-19(16-7-3-1-4-8-16)20(27-21)17-9-5-2-6-10-17/h1-10H,11-15H2. The molecule has 2 aromatic carbocycles. The van der Waals surface area contributed by atoms with Crippen LogP contribution < -0.4 is 4.74 Å². The predicted molar refractivity (Wildman–Crippen MR) is 100 cm³/mol. The topological polar surface area (TPSA) is 64.8 Å². The molecule has 1 amide bonds. The van der Waals surface area contributed by atoms with Crippen molar-refractivity contribution >= 4 is 5.91 Å². The van der Waals surface area contributed by atoms with E-state index in [1.54, 1.807) is 4.90 Å². The van der Waals surface area contributed by atoms with Crippen LogP contribution in [0.15, 0.2) is 65.1 Å². The smallest absolute Gasteiger partial charge is 0.395 e. The van der Waals surface area contributed by atoms with Crippen LogP contribution in [0.4, 0.5) is 0 Å². The Morgan fingerprint density at radius 1 is 0.963 bits per heavy atom. The number of hydrogen-bond donors (Lipinski definition) is 0. The monoisotopic (exact) mass is 364 g/mol. The van der Waals surface area contributed by atoms with Gasteiger partial charge in [-0.3, -0.25) is 4.79 Å². The van der Waals surface area contributed by atoms with Gasteiger partial charge in [0.1, 0.15) is 5.69 Å². The molecule has 0 atom stereocenters. The number of oxazole rings is 1. The second-order valence-electron chi connectivity index (χ2n) is 6.17. The zero-order chi connectivity index (χ0) is 18.5. The number of hydrogen-bond acceptors (Lipinski definition) is 5. The number of aromatic nitrogens is 1. The molecule has 1 saturated heterocycles. The number of carbonyl (C=O) groups is 1. The fourth-order valence-electron chi connectivity index (χ4n) is 2.97. The van der Waals surface area contributed by atoms with Gasteiger partial charge in [-0.15, -0.1) is 0 Å². The van der Waals surface area contributed by atoms with Crippen LogP contribution in [-0.4, -0.2) is 48.7 Å². The molecule has 4 rings (SSSR count). The van der Waals surface area contributed by atoms with Gasteiger partial charge in [-0.05, 0) is 0 Å². The highest BCUT2D eigenvalue weighted by Crippen LogP contribution is 2.34. The Balaban J connectivity index is 1.57. The maximum atomic E-state index is 12.3. The summed E-state index contributed by atoms with van der Waals surface area (Å²) in [6, 6.07) is 19.5. The maximum Gasteiger partial charge on any atom is 0.395 e. The molecule has 1 fully saturated rings. The van der Waals surface area contributed by atoms with E-state index in [0.29, 0.717) is 37.8 Å². The number of nitrogens with zero attached hydrogens (tertiary/aromatic N) is 2. The number of rotatable bonds is 5. The van der Waals surface area contributed by atoms with Gasteiger partial charge in [0, 0.05) is 24.2 Å². The van der Waals surface area contributed by atoms with Crippen molar-refractivity contribution in [1.82, 2.24) is 9.88 Å². The van der Waals surface area contributed by atoms with Gasteiger partial charge in [-0.1, -0.05) is 60.7 Å². The van der Waals surface area contributed by atoms with Crippen molar-refractivity contribution < 1.29 is 18.7 Å². The van der Waals surface area contributed by atoms with Crippen LogP contribution in [0, 0.1) is 0 Å². The first-order valence-corrected chi connectivity index (χ1v) is 8.91. The fourth-order valence-corrected chi connectivity index (χ4v) is 2.97. The highest BCUT2D eigenvalue weighted by Gasteiger charge is 2.21. The lowest BCUT2D eigenvalue weighted by Gasteiger charge is -2.26. The lowest BCUT2D eigenvalue weighted by molar-refractivity contribution is -0.137. The van der Waals surface area contributed by atoms with E-state index in [1.165, 1.54) is 0 Å². The molecule has 0 radical (unpaired) electrons. The molecule has 1 aliphatic heterocycles. The summed E-state index contributed by atoms with van der Waals surface area (Å²) in [4.78, 5) is 18.5. The summed E-state index contributed by atoms with van der Waals surface area (Å²) < 4.78 is 16.7. The van der Waals surface area contributed by atoms with Crippen molar-refractivity contribution in [2.24, 2.45) is 0 Å². The zero-order valence-corrected chi connectivity index (χ0v) is 14.8. The highest BCUT2D eigenvalue weighted by atomic mass is 16.6. The molecule has 1 aromatic heterocycles. The Labute approximate surface area is 157 Å². The summed E-state index contributed by atoms with van der Waals surface area (Å²) in [5.41, 5.74) is 2.52. The fraction of sp³-hybridized carbons (Fsp3) is 0.238. The zero-order valence-electron chi connectivity index (χ0n) is 14.8. The van der Waals surface area contributed by atoms with Crippen molar-refractivity contribution in [2.45, 2.75) is 0 Å². The number of carbonyl (C=O) groups excluding carboxylic acids is 1. The minimum atomic E-state index is -0.108. The minimum absolute atomic E-state index is 0.0920. The molecule has 2 heterocycles. The van der Waals surface area contributed by atoms with Crippen molar-refractivity contribution in [2.75, 3.05) is 32.9 Å². The van der Waals surface area contributed by atoms with Crippen molar-refractivity contribution in [3.63, 3.8) is 0 Å². The van der Waals surface area contributed by atoms with Gasteiger partial charge in [0.05, 0.1) is 13.2 Å². The van der Waals surface area contributed by atoms with Gasteiger partial charge in [0.15, 0.2) is 12.4 Å². The summed E-state index contributed by atoms with van der Waals surface area (Å²) >= 11 is 0. The molecule has 6 nitrogen and oxygen atoms in total. The van der Waals surface area contributed by atoms with Crippen LogP contribution in [-0.2, 0) is 9.53 Å². The van der Waals surface area contributed by atoms with Crippen LogP contribution in [0.25, 0.3) is 22.6 Å². The highest BCUT2D eigenvalue weighted by molar-refractivity contribution is 5.78. The summed E-state index contributed by atoms with van der Waals surface area (Å²) in [7, 11) is 0. The molecule has 27 heavy (non-hydrogen) atoms. The average molecular weight is 364 g/mol. The van der Waals surface area contributed by atoms with Crippen LogP contribution >= 0.6 is 0 Å². The lowest BCUT2D eigenvalue weighted by atomic mass is 10.1. The summed E-state index contributed by atoms with van der Waals surface area (Å²) in [5, 5.41) is 0. The quantitative estimate of drug-likeness (QED) is 0.695. The number of ether oxygens (including phenoxy) is 2. The van der Waals surface area contributed by atoms with E-state index in [1.807, 2.05) is 60.7 Å². The molecule has 0 spiro atoms. The number of morpholine rings is 1. The third-order valence-electron chi connectivity index (χ3n) is 4.37. The van der Waals surface area contributed by atoms with Crippen LogP contribution in [0.2, 0.25) is 0 Å². The molecule has 0 aliphatic carbocycles. The van der Waals surface area contributed by atoms with E-state index in [0.717, 1.165) is 11.1 Å². The molecule has 0 saturated carbocycles. The molecule has 138 valence electrons. The van der Waals surface area contributed by atoms with Crippen molar-refractivity contribution in [3.8, 4) is 28.7 Å². The number of benzene rings is 2. The minimum Gasteiger partial charge on any atom is -0.440 e. The SMILES string of the molecule is O=C(COc1nc(-c2ccccc2)c(-c2ccccc2)o1)N1CCOCC1. The third kappa shape index (κ3) is 4.01. The van der Waals surface area contributed by atoms with Crippen LogP contribution in [0.3, 0.4) is 0 Å². The maximum absolute atomic E-state index is 12.3. The normalized spacial score (nSPS) is 14.1. The predicted octanol–water partition coefficient (Wildman–Crippen LogP) is 3.25. The first kappa shape index (κ1) is 17.3. The molecule has 0 N–H and O–H groups in total. The van der Waals surface area contributed by atoms with E-state index in [2.05, 4.69) is 4.98 Å². The Morgan fingerprint density at radius 2 is 1.59 bits per heavy atom. The van der Waals surface area contributed by atoms with E-state index in [-0.39, 0.29) is 18.6 Å². The van der Waals surface area contributed by atoms with Gasteiger partial charge in [-0.25, -0.2) is 0 Å². The van der Waals surface area contributed by atoms with Gasteiger partial charge in [0.25, 0.3) is 5.91 Å². The summed E-state index contributed by atoms with van der Waals surface area (Å²) in [6.07, 6.45) is 0.0920. The first-order valence-electron chi connectivity index (χ1n) is 8.91. The van der Waals surface area contributed by atoms with Gasteiger partial charge >= 0.3 is 6.08 Å². The van der Waals surface area contributed by atoms with Crippen LogP contribution in [0.5, 0.6) is 6.08 Å². The van der Waals surface area contributed by atoms with Gasteiger partial charge < -0.3 is 18.8 Å². The molecule has 1 aliphatic rings. The Morgan fingerprint density at radius 3 is 2.26 bits per heavy atom. The van der Waals surface area contributed by atoms with Gasteiger partial charge in [-0.2, -0.15) is 4.98 Å². The number of amides is 1. The average Bonchev–Trinajstić information content (AvgIpc) is 3.18.